The molecule has 24 heavy (non-hydrogen) atoms. The summed E-state index contributed by atoms with van der Waals surface area (Å²) in [6.07, 6.45) is 5.02. The van der Waals surface area contributed by atoms with Gasteiger partial charge in [-0.15, -0.1) is 0 Å². The summed E-state index contributed by atoms with van der Waals surface area (Å²) in [5.74, 6) is -0.844. The second-order valence-corrected chi connectivity index (χ2v) is 5.15. The lowest BCUT2D eigenvalue weighted by molar-refractivity contribution is -0.120. The molecule has 0 spiro atoms. The Balaban J connectivity index is 1.73. The van der Waals surface area contributed by atoms with Gasteiger partial charge in [0.25, 0.3) is 11.8 Å². The lowest BCUT2D eigenvalue weighted by Crippen LogP contribution is -2.35. The fourth-order valence-corrected chi connectivity index (χ4v) is 2.03. The summed E-state index contributed by atoms with van der Waals surface area (Å²) in [5.41, 5.74) is 3.67. The van der Waals surface area contributed by atoms with Crippen molar-refractivity contribution in [3.8, 4) is 0 Å². The van der Waals surface area contributed by atoms with Crippen LogP contribution in [0.15, 0.2) is 65.8 Å². The maximum absolute atomic E-state index is 11.9. The number of amides is 2. The van der Waals surface area contributed by atoms with Crippen molar-refractivity contribution < 1.29 is 9.59 Å². The molecule has 0 atom stereocenters. The molecule has 0 saturated carbocycles. The molecule has 2 rings (SSSR count). The minimum absolute atomic E-state index is 0.191. The number of allylic oxidation sites excluding steroid dienone is 1. The number of hydrazone groups is 1. The molecular formula is C18H16ClN3O2. The highest BCUT2D eigenvalue weighted by molar-refractivity contribution is 6.33. The smallest absolute Gasteiger partial charge is 0.259 e. The highest BCUT2D eigenvalue weighted by atomic mass is 35.5. The molecule has 0 unspecified atom stereocenters. The number of rotatable bonds is 6. The lowest BCUT2D eigenvalue weighted by atomic mass is 10.2. The van der Waals surface area contributed by atoms with E-state index in [-0.39, 0.29) is 6.54 Å². The molecule has 6 heteroatoms. The van der Waals surface area contributed by atoms with Crippen LogP contribution in [0, 0.1) is 0 Å². The highest BCUT2D eigenvalue weighted by Gasteiger charge is 2.10. The van der Waals surface area contributed by atoms with Gasteiger partial charge in [0.15, 0.2) is 0 Å². The predicted molar refractivity (Wildman–Crippen MR) is 95.9 cm³/mol. The van der Waals surface area contributed by atoms with Crippen LogP contribution < -0.4 is 10.7 Å². The van der Waals surface area contributed by atoms with Crippen molar-refractivity contribution in [2.24, 2.45) is 5.10 Å². The molecule has 2 amide bonds. The molecule has 0 radical (unpaired) electrons. The van der Waals surface area contributed by atoms with Gasteiger partial charge < -0.3 is 5.32 Å². The van der Waals surface area contributed by atoms with Gasteiger partial charge in [0, 0.05) is 6.21 Å². The van der Waals surface area contributed by atoms with E-state index in [2.05, 4.69) is 15.8 Å². The van der Waals surface area contributed by atoms with Crippen LogP contribution in [0.5, 0.6) is 0 Å². The lowest BCUT2D eigenvalue weighted by Gasteiger charge is -2.05. The number of nitrogens with one attached hydrogen (secondary N) is 2. The standard InChI is InChI=1S/C18H16ClN3O2/c19-16-11-5-4-10-15(16)18(24)20-13-17(23)22-21-12-6-9-14-7-2-1-3-8-14/h1-12H,13H2,(H,20,24)(H,22,23)/b9-6+,21-12?. The number of hydrogen-bond acceptors (Lipinski definition) is 3. The van der Waals surface area contributed by atoms with Gasteiger partial charge in [-0.3, -0.25) is 9.59 Å². The molecule has 0 aliphatic rings. The van der Waals surface area contributed by atoms with E-state index in [4.69, 9.17) is 11.6 Å². The largest absolute Gasteiger partial charge is 0.343 e. The molecule has 2 N–H and O–H groups in total. The van der Waals surface area contributed by atoms with Crippen molar-refractivity contribution in [2.45, 2.75) is 0 Å². The first-order valence-electron chi connectivity index (χ1n) is 7.23. The van der Waals surface area contributed by atoms with Crippen LogP contribution in [0.4, 0.5) is 0 Å². The Hall–Kier alpha value is -2.92. The van der Waals surface area contributed by atoms with Crippen molar-refractivity contribution >= 4 is 35.7 Å². The van der Waals surface area contributed by atoms with Gasteiger partial charge in [-0.1, -0.05) is 60.1 Å². The fourth-order valence-electron chi connectivity index (χ4n) is 1.81. The average molecular weight is 342 g/mol. The van der Waals surface area contributed by atoms with Crippen LogP contribution in [-0.4, -0.2) is 24.6 Å². The number of hydrogen-bond donors (Lipinski definition) is 2. The van der Waals surface area contributed by atoms with Crippen molar-refractivity contribution in [1.29, 1.82) is 0 Å². The van der Waals surface area contributed by atoms with Gasteiger partial charge >= 0.3 is 0 Å². The third-order valence-corrected chi connectivity index (χ3v) is 3.30. The Labute approximate surface area is 145 Å². The maximum Gasteiger partial charge on any atom is 0.259 e. The average Bonchev–Trinajstić information content (AvgIpc) is 2.60. The molecule has 122 valence electrons. The third-order valence-electron chi connectivity index (χ3n) is 2.97. The van der Waals surface area contributed by atoms with Gasteiger partial charge in [0.05, 0.1) is 17.1 Å². The van der Waals surface area contributed by atoms with E-state index in [9.17, 15) is 9.59 Å². The Morgan fingerprint density at radius 1 is 1.04 bits per heavy atom. The first-order valence-corrected chi connectivity index (χ1v) is 7.61. The van der Waals surface area contributed by atoms with Crippen molar-refractivity contribution in [3.05, 3.63) is 76.8 Å². The fraction of sp³-hybridized carbons (Fsp3) is 0.0556. The summed E-state index contributed by atoms with van der Waals surface area (Å²) in [6.45, 7) is -0.191. The molecule has 0 aliphatic carbocycles. The van der Waals surface area contributed by atoms with Gasteiger partial charge in [0.2, 0.25) is 0 Å². The molecule has 0 aliphatic heterocycles. The van der Waals surface area contributed by atoms with Crippen LogP contribution in [0.25, 0.3) is 6.08 Å². The quantitative estimate of drug-likeness (QED) is 0.626. The van der Waals surface area contributed by atoms with Crippen LogP contribution in [-0.2, 0) is 4.79 Å². The Kier molecular flexibility index (Phi) is 6.73. The van der Waals surface area contributed by atoms with Gasteiger partial charge in [-0.25, -0.2) is 5.43 Å². The predicted octanol–water partition coefficient (Wildman–Crippen LogP) is 2.89. The summed E-state index contributed by atoms with van der Waals surface area (Å²) in [5, 5.41) is 6.58. The molecule has 2 aromatic carbocycles. The van der Waals surface area contributed by atoms with E-state index in [0.29, 0.717) is 10.6 Å². The number of carbonyl (C=O) groups is 2. The van der Waals surface area contributed by atoms with Crippen molar-refractivity contribution in [2.75, 3.05) is 6.54 Å². The topological polar surface area (TPSA) is 70.6 Å². The summed E-state index contributed by atoms with van der Waals surface area (Å²) < 4.78 is 0. The monoisotopic (exact) mass is 341 g/mol. The van der Waals surface area contributed by atoms with E-state index in [0.717, 1.165) is 5.56 Å². The minimum atomic E-state index is -0.431. The van der Waals surface area contributed by atoms with E-state index in [1.54, 1.807) is 30.3 Å². The summed E-state index contributed by atoms with van der Waals surface area (Å²) in [7, 11) is 0. The summed E-state index contributed by atoms with van der Waals surface area (Å²) in [4.78, 5) is 23.5. The molecule has 2 aromatic rings. The number of nitrogens with zero attached hydrogens (tertiary/aromatic N) is 1. The number of halogens is 1. The van der Waals surface area contributed by atoms with Crippen LogP contribution >= 0.6 is 11.6 Å². The normalized spacial score (nSPS) is 10.9. The molecule has 0 fully saturated rings. The minimum Gasteiger partial charge on any atom is -0.343 e. The second kappa shape index (κ2) is 9.27. The zero-order valence-electron chi connectivity index (χ0n) is 12.8. The molecule has 5 nitrogen and oxygen atoms in total. The molecular weight excluding hydrogens is 326 g/mol. The first kappa shape index (κ1) is 17.4. The maximum atomic E-state index is 11.9. The van der Waals surface area contributed by atoms with E-state index < -0.39 is 11.8 Å². The van der Waals surface area contributed by atoms with Crippen LogP contribution in [0.1, 0.15) is 15.9 Å². The SMILES string of the molecule is O=C(CNC(=O)c1ccccc1Cl)NN=C/C=C/c1ccccc1. The number of carbonyl (C=O) groups excluding carboxylic acids is 2. The Bertz CT molecular complexity index is 758. The summed E-state index contributed by atoms with van der Waals surface area (Å²) in [6, 6.07) is 16.3. The molecule has 0 bridgehead atoms. The van der Waals surface area contributed by atoms with E-state index >= 15 is 0 Å². The zero-order chi connectivity index (χ0) is 17.2. The van der Waals surface area contributed by atoms with Crippen LogP contribution in [0.2, 0.25) is 5.02 Å². The Morgan fingerprint density at radius 2 is 1.75 bits per heavy atom. The highest BCUT2D eigenvalue weighted by Crippen LogP contribution is 2.14. The first-order chi connectivity index (χ1) is 11.7. The third kappa shape index (κ3) is 5.70. The van der Waals surface area contributed by atoms with Gasteiger partial charge in [-0.2, -0.15) is 5.10 Å². The van der Waals surface area contributed by atoms with E-state index in [1.165, 1.54) is 6.21 Å². The molecule has 0 heterocycles. The van der Waals surface area contributed by atoms with Gasteiger partial charge in [-0.05, 0) is 23.8 Å². The van der Waals surface area contributed by atoms with Crippen LogP contribution in [0.3, 0.4) is 0 Å². The zero-order valence-corrected chi connectivity index (χ0v) is 13.5. The van der Waals surface area contributed by atoms with Gasteiger partial charge in [0.1, 0.15) is 0 Å². The van der Waals surface area contributed by atoms with E-state index in [1.807, 2.05) is 36.4 Å². The molecule has 0 aromatic heterocycles. The van der Waals surface area contributed by atoms with Crippen molar-refractivity contribution in [3.63, 3.8) is 0 Å². The Morgan fingerprint density at radius 3 is 2.50 bits per heavy atom. The summed E-state index contributed by atoms with van der Waals surface area (Å²) >= 11 is 5.91. The molecule has 0 saturated heterocycles. The number of benzene rings is 2. The van der Waals surface area contributed by atoms with Crippen molar-refractivity contribution in [1.82, 2.24) is 10.7 Å². The second-order valence-electron chi connectivity index (χ2n) is 4.75.